The topological polar surface area (TPSA) is 33.1 Å². The summed E-state index contributed by atoms with van der Waals surface area (Å²) in [4.78, 5) is 7.06. The lowest BCUT2D eigenvalue weighted by Gasteiger charge is -2.32. The summed E-state index contributed by atoms with van der Waals surface area (Å²) >= 11 is 0. The molecule has 1 N–H and O–H groups in total. The molecular weight excluding hydrogens is 248 g/mol. The van der Waals surface area contributed by atoms with Gasteiger partial charge in [0.25, 0.3) is 0 Å². The molecule has 0 aromatic carbocycles. The Bertz CT molecular complexity index is 427. The van der Waals surface area contributed by atoms with Crippen LogP contribution < -0.4 is 5.32 Å². The fourth-order valence-electron chi connectivity index (χ4n) is 3.76. The highest BCUT2D eigenvalue weighted by Gasteiger charge is 2.34. The van der Waals surface area contributed by atoms with Crippen LogP contribution in [-0.2, 0) is 5.41 Å². The Kier molecular flexibility index (Phi) is 4.13. The first-order valence-electron chi connectivity index (χ1n) is 8.14. The summed E-state index contributed by atoms with van der Waals surface area (Å²) in [7, 11) is 0. The SMILES string of the molecule is CC(CN1CCCCC1)n1cncc1C1(C)CCNC1. The Morgan fingerprint density at radius 1 is 1.35 bits per heavy atom. The molecule has 0 bridgehead atoms. The van der Waals surface area contributed by atoms with Crippen molar-refractivity contribution in [3.8, 4) is 0 Å². The molecule has 4 heteroatoms. The third-order valence-electron chi connectivity index (χ3n) is 5.10. The Labute approximate surface area is 122 Å². The minimum absolute atomic E-state index is 0.257. The van der Waals surface area contributed by atoms with Gasteiger partial charge in [-0.25, -0.2) is 4.98 Å². The van der Waals surface area contributed by atoms with Crippen molar-refractivity contribution in [3.05, 3.63) is 18.2 Å². The maximum Gasteiger partial charge on any atom is 0.0951 e. The van der Waals surface area contributed by atoms with Crippen LogP contribution in [0, 0.1) is 0 Å². The fraction of sp³-hybridized carbons (Fsp3) is 0.812. The van der Waals surface area contributed by atoms with Gasteiger partial charge in [0.1, 0.15) is 0 Å². The molecule has 2 aliphatic heterocycles. The highest BCUT2D eigenvalue weighted by Crippen LogP contribution is 2.31. The van der Waals surface area contributed by atoms with E-state index in [1.807, 2.05) is 6.33 Å². The summed E-state index contributed by atoms with van der Waals surface area (Å²) < 4.78 is 2.42. The van der Waals surface area contributed by atoms with E-state index < -0.39 is 0 Å². The molecule has 2 unspecified atom stereocenters. The fourth-order valence-corrected chi connectivity index (χ4v) is 3.76. The highest BCUT2D eigenvalue weighted by molar-refractivity contribution is 5.18. The molecule has 0 radical (unpaired) electrons. The molecule has 112 valence electrons. The number of imidazole rings is 1. The van der Waals surface area contributed by atoms with Crippen LogP contribution in [0.5, 0.6) is 0 Å². The van der Waals surface area contributed by atoms with Gasteiger partial charge in [0, 0.05) is 36.4 Å². The number of likely N-dealkylation sites (tertiary alicyclic amines) is 1. The summed E-state index contributed by atoms with van der Waals surface area (Å²) in [6.07, 6.45) is 9.48. The molecule has 0 saturated carbocycles. The van der Waals surface area contributed by atoms with Crippen molar-refractivity contribution in [1.29, 1.82) is 0 Å². The van der Waals surface area contributed by atoms with Crippen molar-refractivity contribution in [2.24, 2.45) is 0 Å². The van der Waals surface area contributed by atoms with Gasteiger partial charge in [0.2, 0.25) is 0 Å². The minimum atomic E-state index is 0.257. The molecule has 3 heterocycles. The number of hydrogen-bond donors (Lipinski definition) is 1. The van der Waals surface area contributed by atoms with E-state index in [1.165, 1.54) is 44.5 Å². The molecule has 2 aliphatic rings. The highest BCUT2D eigenvalue weighted by atomic mass is 15.2. The largest absolute Gasteiger partial charge is 0.330 e. The van der Waals surface area contributed by atoms with Gasteiger partial charge in [-0.05, 0) is 45.8 Å². The molecule has 3 rings (SSSR count). The van der Waals surface area contributed by atoms with Gasteiger partial charge >= 0.3 is 0 Å². The summed E-state index contributed by atoms with van der Waals surface area (Å²) in [6.45, 7) is 10.6. The summed E-state index contributed by atoms with van der Waals surface area (Å²) in [5.74, 6) is 0. The van der Waals surface area contributed by atoms with Crippen molar-refractivity contribution < 1.29 is 0 Å². The van der Waals surface area contributed by atoms with Crippen LogP contribution in [0.3, 0.4) is 0 Å². The van der Waals surface area contributed by atoms with Gasteiger partial charge in [-0.15, -0.1) is 0 Å². The van der Waals surface area contributed by atoms with E-state index >= 15 is 0 Å². The van der Waals surface area contributed by atoms with E-state index in [2.05, 4.69) is 39.8 Å². The number of aromatic nitrogens is 2. The predicted molar refractivity (Wildman–Crippen MR) is 82.1 cm³/mol. The zero-order valence-electron chi connectivity index (χ0n) is 12.9. The molecule has 0 spiro atoms. The molecule has 1 aromatic heterocycles. The monoisotopic (exact) mass is 276 g/mol. The van der Waals surface area contributed by atoms with E-state index in [4.69, 9.17) is 0 Å². The number of rotatable bonds is 4. The van der Waals surface area contributed by atoms with Gasteiger partial charge < -0.3 is 14.8 Å². The van der Waals surface area contributed by atoms with E-state index in [1.54, 1.807) is 0 Å². The van der Waals surface area contributed by atoms with E-state index in [-0.39, 0.29) is 5.41 Å². The Morgan fingerprint density at radius 3 is 2.85 bits per heavy atom. The van der Waals surface area contributed by atoms with E-state index in [0.29, 0.717) is 6.04 Å². The van der Waals surface area contributed by atoms with Crippen LogP contribution in [0.15, 0.2) is 12.5 Å². The first kappa shape index (κ1) is 14.1. The van der Waals surface area contributed by atoms with Crippen molar-refractivity contribution >= 4 is 0 Å². The lowest BCUT2D eigenvalue weighted by Crippen LogP contribution is -2.36. The van der Waals surface area contributed by atoms with Crippen LogP contribution in [0.4, 0.5) is 0 Å². The van der Waals surface area contributed by atoms with Crippen LogP contribution in [-0.4, -0.2) is 47.2 Å². The van der Waals surface area contributed by atoms with Crippen molar-refractivity contribution in [3.63, 3.8) is 0 Å². The standard InChI is InChI=1S/C16H28N4/c1-14(11-19-8-4-3-5-9-19)20-13-18-10-15(20)16(2)6-7-17-12-16/h10,13-14,17H,3-9,11-12H2,1-2H3. The Balaban J connectivity index is 1.71. The van der Waals surface area contributed by atoms with Gasteiger partial charge in [0.15, 0.2) is 0 Å². The third-order valence-corrected chi connectivity index (χ3v) is 5.10. The second-order valence-corrected chi connectivity index (χ2v) is 6.88. The second-order valence-electron chi connectivity index (χ2n) is 6.88. The molecular formula is C16H28N4. The molecule has 1 aromatic rings. The first-order valence-corrected chi connectivity index (χ1v) is 8.14. The molecule has 2 fully saturated rings. The normalized spacial score (nSPS) is 29.7. The minimum Gasteiger partial charge on any atom is -0.330 e. The molecule has 4 nitrogen and oxygen atoms in total. The van der Waals surface area contributed by atoms with E-state index in [0.717, 1.165) is 19.6 Å². The summed E-state index contributed by atoms with van der Waals surface area (Å²) in [5, 5.41) is 3.50. The van der Waals surface area contributed by atoms with Gasteiger partial charge in [0.05, 0.1) is 6.33 Å². The Hall–Kier alpha value is -0.870. The average Bonchev–Trinajstić information content (AvgIpc) is 3.09. The number of nitrogens with zero attached hydrogens (tertiary/aromatic N) is 3. The van der Waals surface area contributed by atoms with Crippen molar-refractivity contribution in [2.75, 3.05) is 32.7 Å². The molecule has 2 atom stereocenters. The number of hydrogen-bond acceptors (Lipinski definition) is 3. The summed E-state index contributed by atoms with van der Waals surface area (Å²) in [6, 6.07) is 0.517. The van der Waals surface area contributed by atoms with Crippen LogP contribution >= 0.6 is 0 Å². The van der Waals surface area contributed by atoms with Crippen molar-refractivity contribution in [1.82, 2.24) is 19.8 Å². The summed E-state index contributed by atoms with van der Waals surface area (Å²) in [5.41, 5.74) is 1.67. The number of piperidine rings is 1. The number of nitrogens with one attached hydrogen (secondary N) is 1. The van der Waals surface area contributed by atoms with Gasteiger partial charge in [-0.2, -0.15) is 0 Å². The Morgan fingerprint density at radius 2 is 2.15 bits per heavy atom. The zero-order chi connectivity index (χ0) is 14.0. The van der Waals surface area contributed by atoms with Crippen LogP contribution in [0.25, 0.3) is 0 Å². The maximum absolute atomic E-state index is 4.44. The second kappa shape index (κ2) is 5.86. The van der Waals surface area contributed by atoms with Gasteiger partial charge in [-0.1, -0.05) is 13.3 Å². The van der Waals surface area contributed by atoms with E-state index in [9.17, 15) is 0 Å². The first-order chi connectivity index (χ1) is 9.69. The quantitative estimate of drug-likeness (QED) is 0.915. The lowest BCUT2D eigenvalue weighted by atomic mass is 9.86. The van der Waals surface area contributed by atoms with Crippen molar-refractivity contribution in [2.45, 2.75) is 51.0 Å². The average molecular weight is 276 g/mol. The predicted octanol–water partition coefficient (Wildman–Crippen LogP) is 2.18. The van der Waals surface area contributed by atoms with Crippen LogP contribution in [0.1, 0.15) is 51.3 Å². The molecule has 0 aliphatic carbocycles. The molecule has 0 amide bonds. The molecule has 2 saturated heterocycles. The molecule has 20 heavy (non-hydrogen) atoms. The zero-order valence-corrected chi connectivity index (χ0v) is 12.9. The smallest absolute Gasteiger partial charge is 0.0951 e. The van der Waals surface area contributed by atoms with Gasteiger partial charge in [-0.3, -0.25) is 0 Å². The maximum atomic E-state index is 4.44. The lowest BCUT2D eigenvalue weighted by molar-refractivity contribution is 0.199. The van der Waals surface area contributed by atoms with Crippen LogP contribution in [0.2, 0.25) is 0 Å². The third kappa shape index (κ3) is 2.77.